The number of hydrogen-bond donors (Lipinski definition) is 2. The second kappa shape index (κ2) is 8.39. The zero-order chi connectivity index (χ0) is 22.1. The van der Waals surface area contributed by atoms with E-state index in [0.29, 0.717) is 36.3 Å². The minimum Gasteiger partial charge on any atom is -0.379 e. The maximum Gasteiger partial charge on any atom is 0.267 e. The van der Waals surface area contributed by atoms with E-state index in [1.807, 2.05) is 34.6 Å². The van der Waals surface area contributed by atoms with Crippen molar-refractivity contribution in [2.45, 2.75) is 59.2 Å². The molecule has 0 fully saturated rings. The predicted molar refractivity (Wildman–Crippen MR) is 116 cm³/mol. The molecule has 0 unspecified atom stereocenters. The monoisotopic (exact) mass is 411 g/mol. The van der Waals surface area contributed by atoms with Crippen molar-refractivity contribution >= 4 is 22.6 Å². The van der Waals surface area contributed by atoms with Gasteiger partial charge in [0.25, 0.3) is 11.5 Å². The number of rotatable bonds is 6. The first-order valence-corrected chi connectivity index (χ1v) is 10.1. The van der Waals surface area contributed by atoms with Crippen molar-refractivity contribution in [1.82, 2.24) is 19.3 Å². The molecule has 2 N–H and O–H groups in total. The highest BCUT2D eigenvalue weighted by molar-refractivity contribution is 5.97. The highest BCUT2D eigenvalue weighted by Crippen LogP contribution is 2.12. The van der Waals surface area contributed by atoms with Crippen LogP contribution in [0.25, 0.3) is 16.7 Å². The van der Waals surface area contributed by atoms with Crippen LogP contribution in [0.4, 0.5) is 0 Å². The fourth-order valence-corrected chi connectivity index (χ4v) is 3.23. The molecule has 0 aliphatic heterocycles. The third kappa shape index (κ3) is 4.59. The Morgan fingerprint density at radius 1 is 1.30 bits per heavy atom. The molecule has 3 aromatic heterocycles. The van der Waals surface area contributed by atoms with Gasteiger partial charge in [-0.1, -0.05) is 6.07 Å². The molecular weight excluding hydrogens is 382 g/mol. The van der Waals surface area contributed by atoms with Gasteiger partial charge in [-0.05, 0) is 59.2 Å². The van der Waals surface area contributed by atoms with Crippen molar-refractivity contribution < 1.29 is 9.53 Å². The van der Waals surface area contributed by atoms with Crippen LogP contribution in [0.3, 0.4) is 0 Å². The summed E-state index contributed by atoms with van der Waals surface area (Å²) in [5.74, 6) is -0.390. The molecule has 8 nitrogen and oxygen atoms in total. The molecule has 0 aliphatic carbocycles. The van der Waals surface area contributed by atoms with E-state index in [1.165, 1.54) is 10.5 Å². The first-order valence-electron chi connectivity index (χ1n) is 10.1. The minimum atomic E-state index is -0.467. The quantitative estimate of drug-likeness (QED) is 0.481. The van der Waals surface area contributed by atoms with E-state index in [2.05, 4.69) is 10.3 Å². The van der Waals surface area contributed by atoms with E-state index in [1.54, 1.807) is 29.0 Å². The van der Waals surface area contributed by atoms with Crippen LogP contribution < -0.4 is 16.4 Å². The average molecular weight is 412 g/mol. The van der Waals surface area contributed by atoms with E-state index < -0.39 is 5.54 Å². The van der Waals surface area contributed by atoms with Crippen LogP contribution in [0.1, 0.15) is 51.4 Å². The fraction of sp³-hybridized carbons (Fsp3) is 0.455. The van der Waals surface area contributed by atoms with Crippen LogP contribution >= 0.6 is 0 Å². The van der Waals surface area contributed by atoms with E-state index in [-0.39, 0.29) is 28.6 Å². The van der Waals surface area contributed by atoms with Crippen molar-refractivity contribution in [3.63, 3.8) is 0 Å². The number of ether oxygens (including phenoxy) is 1. The van der Waals surface area contributed by atoms with Gasteiger partial charge < -0.3 is 14.6 Å². The van der Waals surface area contributed by atoms with Gasteiger partial charge in [0.15, 0.2) is 0 Å². The largest absolute Gasteiger partial charge is 0.379 e. The smallest absolute Gasteiger partial charge is 0.267 e. The summed E-state index contributed by atoms with van der Waals surface area (Å²) in [6.07, 6.45) is 2.39. The van der Waals surface area contributed by atoms with Crippen molar-refractivity contribution in [2.24, 2.45) is 0 Å². The number of aromatic nitrogens is 3. The van der Waals surface area contributed by atoms with Crippen LogP contribution in [0.15, 0.2) is 35.3 Å². The lowest BCUT2D eigenvalue weighted by molar-refractivity contribution is 0.0748. The molecular formula is C22H29N5O3. The molecule has 0 radical (unpaired) electrons. The van der Waals surface area contributed by atoms with E-state index in [9.17, 15) is 9.59 Å². The van der Waals surface area contributed by atoms with Crippen molar-refractivity contribution in [2.75, 3.05) is 6.61 Å². The summed E-state index contributed by atoms with van der Waals surface area (Å²) in [5.41, 5.74) is 0.331. The van der Waals surface area contributed by atoms with Gasteiger partial charge in [-0.2, -0.15) is 0 Å². The summed E-state index contributed by atoms with van der Waals surface area (Å²) in [5, 5.41) is 11.9. The average Bonchev–Trinajstić information content (AvgIpc) is 2.65. The number of fused-ring (bicyclic) bond motifs is 2. The maximum atomic E-state index is 13.1. The number of aryl methyl sites for hydroxylation is 1. The molecule has 0 saturated heterocycles. The Kier molecular flexibility index (Phi) is 6.07. The number of pyridine rings is 2. The van der Waals surface area contributed by atoms with Crippen LogP contribution in [0.2, 0.25) is 0 Å². The first-order chi connectivity index (χ1) is 14.1. The fourth-order valence-electron chi connectivity index (χ4n) is 3.23. The van der Waals surface area contributed by atoms with Gasteiger partial charge in [-0.15, -0.1) is 0 Å². The number of carbonyl (C=O) groups is 1. The number of hydrogen-bond acceptors (Lipinski definition) is 5. The molecule has 0 aliphatic rings. The zero-order valence-electron chi connectivity index (χ0n) is 18.2. The summed E-state index contributed by atoms with van der Waals surface area (Å²) in [7, 11) is 0. The third-order valence-electron chi connectivity index (χ3n) is 4.53. The lowest BCUT2D eigenvalue weighted by Crippen LogP contribution is -2.43. The molecule has 0 saturated carbocycles. The molecule has 8 heteroatoms. The van der Waals surface area contributed by atoms with Gasteiger partial charge in [0, 0.05) is 24.9 Å². The van der Waals surface area contributed by atoms with Crippen LogP contribution in [0, 0.1) is 5.41 Å². The van der Waals surface area contributed by atoms with Gasteiger partial charge in [-0.3, -0.25) is 19.4 Å². The van der Waals surface area contributed by atoms with E-state index >= 15 is 0 Å². The van der Waals surface area contributed by atoms with Gasteiger partial charge in [0.2, 0.25) is 0 Å². The molecule has 0 spiro atoms. The van der Waals surface area contributed by atoms with Gasteiger partial charge in [0.05, 0.1) is 17.1 Å². The maximum absolute atomic E-state index is 13.1. The van der Waals surface area contributed by atoms with Gasteiger partial charge in [-0.25, -0.2) is 4.98 Å². The molecule has 3 rings (SSSR count). The third-order valence-corrected chi connectivity index (χ3v) is 4.53. The van der Waals surface area contributed by atoms with Crippen molar-refractivity contribution in [3.05, 3.63) is 51.9 Å². The molecule has 0 aromatic carbocycles. The molecule has 30 heavy (non-hydrogen) atoms. The number of carbonyl (C=O) groups excluding carboxylic acids is 1. The Bertz CT molecular complexity index is 1200. The molecule has 0 bridgehead atoms. The second-order valence-corrected chi connectivity index (χ2v) is 8.62. The Morgan fingerprint density at radius 2 is 2.03 bits per heavy atom. The number of amides is 1. The summed E-state index contributed by atoms with van der Waals surface area (Å²) < 4.78 is 8.69. The van der Waals surface area contributed by atoms with E-state index in [0.717, 1.165) is 0 Å². The van der Waals surface area contributed by atoms with Crippen molar-refractivity contribution in [3.8, 4) is 0 Å². The summed E-state index contributed by atoms with van der Waals surface area (Å²) >= 11 is 0. The van der Waals surface area contributed by atoms with Crippen LogP contribution in [-0.2, 0) is 11.3 Å². The minimum absolute atomic E-state index is 0.0287. The number of nitrogens with zero attached hydrogens (tertiary/aromatic N) is 3. The first kappa shape index (κ1) is 21.7. The van der Waals surface area contributed by atoms with Crippen LogP contribution in [-0.4, -0.2) is 38.1 Å². The van der Waals surface area contributed by atoms with Gasteiger partial charge >= 0.3 is 0 Å². The second-order valence-electron chi connectivity index (χ2n) is 8.62. The standard InChI is InChI=1S/C22H29N5O3/c1-14(2)30-12-8-11-27-18(23)15(20(28)25-22(3,4)5)13-16-19(27)24-17-9-6-7-10-26(17)21(16)29/h6-7,9-10,13-14,23H,8,11-12H2,1-5H3,(H,25,28). The molecule has 1 amide bonds. The van der Waals surface area contributed by atoms with Crippen LogP contribution in [0.5, 0.6) is 0 Å². The zero-order valence-corrected chi connectivity index (χ0v) is 18.2. The summed E-state index contributed by atoms with van der Waals surface area (Å²) in [4.78, 5) is 30.6. The Hall–Kier alpha value is -3.00. The van der Waals surface area contributed by atoms with Gasteiger partial charge in [0.1, 0.15) is 16.8 Å². The number of nitrogens with one attached hydrogen (secondary N) is 2. The lowest BCUT2D eigenvalue weighted by atomic mass is 10.1. The molecule has 160 valence electrons. The summed E-state index contributed by atoms with van der Waals surface area (Å²) in [6.45, 7) is 10.5. The molecule has 3 heterocycles. The Labute approximate surface area is 175 Å². The highest BCUT2D eigenvalue weighted by Gasteiger charge is 2.20. The lowest BCUT2D eigenvalue weighted by Gasteiger charge is -2.21. The normalized spacial score (nSPS) is 12.1. The Balaban J connectivity index is 2.20. The predicted octanol–water partition coefficient (Wildman–Crippen LogP) is 2.47. The SMILES string of the molecule is CC(C)OCCCn1c(=N)c(C(=O)NC(C)(C)C)cc2c(=O)n3ccccc3nc21. The summed E-state index contributed by atoms with van der Waals surface area (Å²) in [6, 6.07) is 6.79. The topological polar surface area (TPSA) is 101 Å². The Morgan fingerprint density at radius 3 is 2.70 bits per heavy atom. The molecule has 0 atom stereocenters. The molecule has 3 aromatic rings. The van der Waals surface area contributed by atoms with E-state index in [4.69, 9.17) is 10.1 Å². The highest BCUT2D eigenvalue weighted by atomic mass is 16.5. The van der Waals surface area contributed by atoms with Crippen molar-refractivity contribution in [1.29, 1.82) is 5.41 Å².